The van der Waals surface area contributed by atoms with Crippen LogP contribution in [0.2, 0.25) is 0 Å². The molecule has 0 bridgehead atoms. The summed E-state index contributed by atoms with van der Waals surface area (Å²) in [5.74, 6) is -1.98. The summed E-state index contributed by atoms with van der Waals surface area (Å²) in [5.41, 5.74) is -0.293. The van der Waals surface area contributed by atoms with Crippen LogP contribution in [-0.2, 0) is 0 Å². The Labute approximate surface area is 128 Å². The average molecular weight is 356 g/mol. The maximum atomic E-state index is 13.6. The predicted octanol–water partition coefficient (Wildman–Crippen LogP) is 3.81. The Morgan fingerprint density at radius 1 is 1.33 bits per heavy atom. The molecule has 0 unspecified atom stereocenters. The topological polar surface area (TPSA) is 54.0 Å². The zero-order chi connectivity index (χ0) is 15.4. The second-order valence-corrected chi connectivity index (χ2v) is 5.05. The van der Waals surface area contributed by atoms with Crippen LogP contribution >= 0.6 is 15.9 Å². The van der Waals surface area contributed by atoms with E-state index in [2.05, 4.69) is 31.5 Å². The maximum absolute atomic E-state index is 13.6. The number of hydrogen-bond donors (Lipinski definition) is 2. The van der Waals surface area contributed by atoms with E-state index in [4.69, 9.17) is 0 Å². The van der Waals surface area contributed by atoms with Crippen LogP contribution < -0.4 is 10.6 Å². The number of aromatic nitrogens is 1. The highest BCUT2D eigenvalue weighted by atomic mass is 79.9. The number of hydrogen-bond acceptors (Lipinski definition) is 3. The molecule has 2 N–H and O–H groups in total. The smallest absolute Gasteiger partial charge is 0.259 e. The van der Waals surface area contributed by atoms with E-state index in [9.17, 15) is 13.6 Å². The summed E-state index contributed by atoms with van der Waals surface area (Å²) in [7, 11) is 0. The van der Waals surface area contributed by atoms with Gasteiger partial charge in [-0.1, -0.05) is 6.07 Å². The third-order valence-corrected chi connectivity index (χ3v) is 3.08. The molecule has 2 rings (SSSR count). The highest BCUT2D eigenvalue weighted by Crippen LogP contribution is 2.22. The standard InChI is InChI=1S/C14H12BrF2N3O/c1-2-18-13-9(6-8(15)7-19-13)14(21)20-12-10(16)4-3-5-11(12)17/h3-7H,2H2,1H3,(H,18,19)(H,20,21). The Bertz CT molecular complexity index is 659. The number of halogens is 3. The molecule has 0 saturated heterocycles. The van der Waals surface area contributed by atoms with Gasteiger partial charge in [0.1, 0.15) is 23.1 Å². The molecule has 0 aliphatic heterocycles. The lowest BCUT2D eigenvalue weighted by Gasteiger charge is -2.11. The first kappa shape index (κ1) is 15.4. The molecule has 0 saturated carbocycles. The fourth-order valence-electron chi connectivity index (χ4n) is 1.72. The minimum atomic E-state index is -0.837. The van der Waals surface area contributed by atoms with Crippen molar-refractivity contribution in [3.63, 3.8) is 0 Å². The summed E-state index contributed by atoms with van der Waals surface area (Å²) in [6.07, 6.45) is 1.53. The van der Waals surface area contributed by atoms with Crippen molar-refractivity contribution in [3.8, 4) is 0 Å². The highest BCUT2D eigenvalue weighted by Gasteiger charge is 2.17. The molecule has 1 amide bonds. The van der Waals surface area contributed by atoms with Crippen molar-refractivity contribution in [2.75, 3.05) is 17.2 Å². The molecule has 0 radical (unpaired) electrons. The predicted molar refractivity (Wildman–Crippen MR) is 80.4 cm³/mol. The first-order valence-electron chi connectivity index (χ1n) is 6.17. The summed E-state index contributed by atoms with van der Waals surface area (Å²) in [6.45, 7) is 2.41. The second kappa shape index (κ2) is 6.62. The number of benzene rings is 1. The average Bonchev–Trinajstić information content (AvgIpc) is 2.45. The maximum Gasteiger partial charge on any atom is 0.259 e. The van der Waals surface area contributed by atoms with Crippen LogP contribution in [0.1, 0.15) is 17.3 Å². The quantitative estimate of drug-likeness (QED) is 0.876. The largest absolute Gasteiger partial charge is 0.370 e. The van der Waals surface area contributed by atoms with E-state index in [-0.39, 0.29) is 5.56 Å². The number of carbonyl (C=O) groups excluding carboxylic acids is 1. The molecular weight excluding hydrogens is 344 g/mol. The minimum absolute atomic E-state index is 0.189. The molecule has 0 spiro atoms. The van der Waals surface area contributed by atoms with Gasteiger partial charge in [-0.3, -0.25) is 4.79 Å². The molecule has 110 valence electrons. The van der Waals surface area contributed by atoms with Gasteiger partial charge >= 0.3 is 0 Å². The third-order valence-electron chi connectivity index (χ3n) is 2.64. The first-order valence-corrected chi connectivity index (χ1v) is 6.97. The van der Waals surface area contributed by atoms with E-state index < -0.39 is 23.2 Å². The van der Waals surface area contributed by atoms with E-state index in [1.165, 1.54) is 18.3 Å². The first-order chi connectivity index (χ1) is 10.0. The van der Waals surface area contributed by atoms with E-state index in [1.807, 2.05) is 6.92 Å². The zero-order valence-electron chi connectivity index (χ0n) is 11.1. The fraction of sp³-hybridized carbons (Fsp3) is 0.143. The highest BCUT2D eigenvalue weighted by molar-refractivity contribution is 9.10. The van der Waals surface area contributed by atoms with Crippen molar-refractivity contribution in [3.05, 3.63) is 52.1 Å². The molecule has 0 aliphatic rings. The number of nitrogens with zero attached hydrogens (tertiary/aromatic N) is 1. The van der Waals surface area contributed by atoms with Gasteiger partial charge in [-0.15, -0.1) is 0 Å². The molecule has 1 aromatic heterocycles. The van der Waals surface area contributed by atoms with Crippen molar-refractivity contribution >= 4 is 33.3 Å². The monoisotopic (exact) mass is 355 g/mol. The van der Waals surface area contributed by atoms with Crippen molar-refractivity contribution in [2.24, 2.45) is 0 Å². The van der Waals surface area contributed by atoms with E-state index >= 15 is 0 Å². The number of carbonyl (C=O) groups is 1. The van der Waals surface area contributed by atoms with Gasteiger partial charge in [-0.25, -0.2) is 13.8 Å². The summed E-state index contributed by atoms with van der Waals surface area (Å²) in [6, 6.07) is 4.90. The molecule has 1 aromatic carbocycles. The SMILES string of the molecule is CCNc1ncc(Br)cc1C(=O)Nc1c(F)cccc1F. The molecule has 7 heteroatoms. The van der Waals surface area contributed by atoms with Gasteiger partial charge in [0, 0.05) is 17.2 Å². The van der Waals surface area contributed by atoms with Gasteiger partial charge in [-0.05, 0) is 41.1 Å². The van der Waals surface area contributed by atoms with Crippen molar-refractivity contribution in [1.82, 2.24) is 4.98 Å². The summed E-state index contributed by atoms with van der Waals surface area (Å²) < 4.78 is 27.7. The second-order valence-electron chi connectivity index (χ2n) is 4.13. The van der Waals surface area contributed by atoms with Crippen molar-refractivity contribution in [2.45, 2.75) is 6.92 Å². The number of nitrogens with one attached hydrogen (secondary N) is 2. The molecule has 0 aliphatic carbocycles. The number of amides is 1. The van der Waals surface area contributed by atoms with Crippen molar-refractivity contribution in [1.29, 1.82) is 0 Å². The number of anilines is 2. The van der Waals surface area contributed by atoms with E-state index in [1.54, 1.807) is 0 Å². The molecule has 4 nitrogen and oxygen atoms in total. The molecular formula is C14H12BrF2N3O. The minimum Gasteiger partial charge on any atom is -0.370 e. The van der Waals surface area contributed by atoms with Crippen molar-refractivity contribution < 1.29 is 13.6 Å². The van der Waals surface area contributed by atoms with E-state index in [0.717, 1.165) is 12.1 Å². The van der Waals surface area contributed by atoms with Gasteiger partial charge in [0.2, 0.25) is 0 Å². The molecule has 0 fully saturated rings. The number of pyridine rings is 1. The van der Waals surface area contributed by atoms with E-state index in [0.29, 0.717) is 16.8 Å². The van der Waals surface area contributed by atoms with Crippen LogP contribution in [0.25, 0.3) is 0 Å². The van der Waals surface area contributed by atoms with Crippen LogP contribution in [0.3, 0.4) is 0 Å². The Hall–Kier alpha value is -2.02. The summed E-state index contributed by atoms with van der Waals surface area (Å²) >= 11 is 3.21. The molecule has 2 aromatic rings. The van der Waals surface area contributed by atoms with Crippen LogP contribution in [-0.4, -0.2) is 17.4 Å². The van der Waals surface area contributed by atoms with Crippen LogP contribution in [0.15, 0.2) is 34.9 Å². The molecule has 0 atom stereocenters. The van der Waals surface area contributed by atoms with Gasteiger partial charge in [0.15, 0.2) is 0 Å². The normalized spacial score (nSPS) is 10.3. The van der Waals surface area contributed by atoms with Gasteiger partial charge in [0.25, 0.3) is 5.91 Å². The summed E-state index contributed by atoms with van der Waals surface area (Å²) in [5, 5.41) is 5.15. The van der Waals surface area contributed by atoms with Crippen LogP contribution in [0, 0.1) is 11.6 Å². The van der Waals surface area contributed by atoms with Gasteiger partial charge in [0.05, 0.1) is 5.56 Å². The number of para-hydroxylation sites is 1. The lowest BCUT2D eigenvalue weighted by molar-refractivity contribution is 0.102. The Morgan fingerprint density at radius 2 is 2.00 bits per heavy atom. The lowest BCUT2D eigenvalue weighted by Crippen LogP contribution is -2.17. The van der Waals surface area contributed by atoms with Gasteiger partial charge < -0.3 is 10.6 Å². The summed E-state index contributed by atoms with van der Waals surface area (Å²) in [4.78, 5) is 16.3. The fourth-order valence-corrected chi connectivity index (χ4v) is 2.05. The Balaban J connectivity index is 2.34. The van der Waals surface area contributed by atoms with Gasteiger partial charge in [-0.2, -0.15) is 0 Å². The zero-order valence-corrected chi connectivity index (χ0v) is 12.7. The van der Waals surface area contributed by atoms with Crippen LogP contribution in [0.4, 0.5) is 20.3 Å². The molecule has 1 heterocycles. The Kier molecular flexibility index (Phi) is 4.85. The molecule has 21 heavy (non-hydrogen) atoms. The number of rotatable bonds is 4. The lowest BCUT2D eigenvalue weighted by atomic mass is 10.2. The van der Waals surface area contributed by atoms with Crippen LogP contribution in [0.5, 0.6) is 0 Å². The Morgan fingerprint density at radius 3 is 2.62 bits per heavy atom. The third kappa shape index (κ3) is 3.55.